The number of para-hydroxylation sites is 2. The summed E-state index contributed by atoms with van der Waals surface area (Å²) in [6.45, 7) is 2.92. The van der Waals surface area contributed by atoms with Crippen molar-refractivity contribution in [2.45, 2.75) is 25.9 Å². The van der Waals surface area contributed by atoms with E-state index in [2.05, 4.69) is 46.8 Å². The predicted octanol–water partition coefficient (Wildman–Crippen LogP) is 2.91. The SMILES string of the molecule is Cc1ccccc1CC(N)Cn1cnc2ccccc21. The third-order valence-electron chi connectivity index (χ3n) is 3.70. The van der Waals surface area contributed by atoms with Crippen molar-refractivity contribution >= 4 is 11.0 Å². The number of aromatic nitrogens is 2. The van der Waals surface area contributed by atoms with Gasteiger partial charge < -0.3 is 10.3 Å². The van der Waals surface area contributed by atoms with Gasteiger partial charge in [-0.15, -0.1) is 0 Å². The molecule has 0 radical (unpaired) electrons. The van der Waals surface area contributed by atoms with Crippen LogP contribution < -0.4 is 5.73 Å². The van der Waals surface area contributed by atoms with Gasteiger partial charge in [-0.1, -0.05) is 36.4 Å². The fraction of sp³-hybridized carbons (Fsp3) is 0.235. The molecule has 2 N–H and O–H groups in total. The number of rotatable bonds is 4. The first-order valence-electron chi connectivity index (χ1n) is 6.94. The molecule has 0 amide bonds. The fourth-order valence-electron chi connectivity index (χ4n) is 2.59. The monoisotopic (exact) mass is 265 g/mol. The molecule has 3 aromatic rings. The summed E-state index contributed by atoms with van der Waals surface area (Å²) in [5.41, 5.74) is 11.1. The normalized spacial score (nSPS) is 12.7. The topological polar surface area (TPSA) is 43.8 Å². The van der Waals surface area contributed by atoms with E-state index in [1.807, 2.05) is 24.5 Å². The van der Waals surface area contributed by atoms with Crippen molar-refractivity contribution in [2.75, 3.05) is 0 Å². The van der Waals surface area contributed by atoms with Gasteiger partial charge in [-0.05, 0) is 36.6 Å². The summed E-state index contributed by atoms with van der Waals surface area (Å²) < 4.78 is 2.14. The highest BCUT2D eigenvalue weighted by molar-refractivity contribution is 5.74. The van der Waals surface area contributed by atoms with Gasteiger partial charge in [-0.25, -0.2) is 4.98 Å². The summed E-state index contributed by atoms with van der Waals surface area (Å²) >= 11 is 0. The van der Waals surface area contributed by atoms with Crippen molar-refractivity contribution < 1.29 is 0 Å². The van der Waals surface area contributed by atoms with Crippen LogP contribution in [0.5, 0.6) is 0 Å². The van der Waals surface area contributed by atoms with Crippen LogP contribution in [0.3, 0.4) is 0 Å². The predicted molar refractivity (Wildman–Crippen MR) is 82.6 cm³/mol. The molecule has 3 rings (SSSR count). The molecule has 3 nitrogen and oxygen atoms in total. The van der Waals surface area contributed by atoms with Crippen molar-refractivity contribution in [3.05, 3.63) is 66.0 Å². The molecule has 0 saturated carbocycles. The molecule has 0 aliphatic heterocycles. The summed E-state index contributed by atoms with van der Waals surface area (Å²) in [4.78, 5) is 4.40. The van der Waals surface area contributed by atoms with Crippen LogP contribution in [0.2, 0.25) is 0 Å². The van der Waals surface area contributed by atoms with Crippen LogP contribution in [0.15, 0.2) is 54.9 Å². The Labute approximate surface area is 119 Å². The van der Waals surface area contributed by atoms with Crippen LogP contribution in [0.4, 0.5) is 0 Å². The second-order valence-electron chi connectivity index (χ2n) is 5.28. The molecular formula is C17H19N3. The maximum absolute atomic E-state index is 6.31. The maximum atomic E-state index is 6.31. The molecule has 1 heterocycles. The zero-order valence-electron chi connectivity index (χ0n) is 11.7. The molecule has 2 aromatic carbocycles. The zero-order chi connectivity index (χ0) is 13.9. The van der Waals surface area contributed by atoms with Gasteiger partial charge in [0.05, 0.1) is 17.4 Å². The Morgan fingerprint density at radius 2 is 1.85 bits per heavy atom. The Morgan fingerprint density at radius 3 is 2.70 bits per heavy atom. The van der Waals surface area contributed by atoms with Crippen LogP contribution >= 0.6 is 0 Å². The minimum Gasteiger partial charge on any atom is -0.329 e. The van der Waals surface area contributed by atoms with Gasteiger partial charge in [0.25, 0.3) is 0 Å². The van der Waals surface area contributed by atoms with Crippen LogP contribution in [0, 0.1) is 6.92 Å². The van der Waals surface area contributed by atoms with Crippen LogP contribution in [0.1, 0.15) is 11.1 Å². The van der Waals surface area contributed by atoms with E-state index in [0.717, 1.165) is 24.0 Å². The number of hydrogen-bond donors (Lipinski definition) is 1. The molecule has 1 unspecified atom stereocenters. The van der Waals surface area contributed by atoms with Crippen molar-refractivity contribution in [3.8, 4) is 0 Å². The summed E-state index contributed by atoms with van der Waals surface area (Å²) in [5, 5.41) is 0. The van der Waals surface area contributed by atoms with E-state index >= 15 is 0 Å². The lowest BCUT2D eigenvalue weighted by Crippen LogP contribution is -2.28. The lowest BCUT2D eigenvalue weighted by molar-refractivity contribution is 0.558. The number of nitrogens with zero attached hydrogens (tertiary/aromatic N) is 2. The number of fused-ring (bicyclic) bond motifs is 1. The second kappa shape index (κ2) is 5.47. The quantitative estimate of drug-likeness (QED) is 0.788. The number of imidazole rings is 1. The Bertz CT molecular complexity index is 715. The average molecular weight is 265 g/mol. The van der Waals surface area contributed by atoms with Crippen LogP contribution in [0.25, 0.3) is 11.0 Å². The Balaban J connectivity index is 1.76. The Hall–Kier alpha value is -2.13. The summed E-state index contributed by atoms with van der Waals surface area (Å²) in [6.07, 6.45) is 2.77. The van der Waals surface area contributed by atoms with E-state index in [1.165, 1.54) is 11.1 Å². The highest BCUT2D eigenvalue weighted by atomic mass is 15.1. The van der Waals surface area contributed by atoms with Crippen molar-refractivity contribution in [1.29, 1.82) is 0 Å². The largest absolute Gasteiger partial charge is 0.329 e. The summed E-state index contributed by atoms with van der Waals surface area (Å²) in [7, 11) is 0. The van der Waals surface area contributed by atoms with E-state index < -0.39 is 0 Å². The summed E-state index contributed by atoms with van der Waals surface area (Å²) in [6, 6.07) is 16.7. The number of benzene rings is 2. The molecule has 102 valence electrons. The number of nitrogens with two attached hydrogens (primary N) is 1. The second-order valence-corrected chi connectivity index (χ2v) is 5.28. The third kappa shape index (κ3) is 2.58. The molecule has 0 spiro atoms. The first-order chi connectivity index (χ1) is 9.74. The van der Waals surface area contributed by atoms with Gasteiger partial charge in [0.1, 0.15) is 0 Å². The van der Waals surface area contributed by atoms with Gasteiger partial charge >= 0.3 is 0 Å². The minimum absolute atomic E-state index is 0.0914. The first kappa shape index (κ1) is 12.9. The zero-order valence-corrected chi connectivity index (χ0v) is 11.7. The van der Waals surface area contributed by atoms with E-state index in [9.17, 15) is 0 Å². The molecule has 1 aromatic heterocycles. The Morgan fingerprint density at radius 1 is 1.10 bits per heavy atom. The van der Waals surface area contributed by atoms with Gasteiger partial charge in [0, 0.05) is 12.6 Å². The smallest absolute Gasteiger partial charge is 0.0958 e. The van der Waals surface area contributed by atoms with Crippen molar-refractivity contribution in [2.24, 2.45) is 5.73 Å². The van der Waals surface area contributed by atoms with Crippen LogP contribution in [-0.2, 0) is 13.0 Å². The van der Waals surface area contributed by atoms with E-state index in [-0.39, 0.29) is 6.04 Å². The standard InChI is InChI=1S/C17H19N3/c1-13-6-2-3-7-14(13)10-15(18)11-20-12-19-16-8-4-5-9-17(16)20/h2-9,12,15H,10-11,18H2,1H3. The van der Waals surface area contributed by atoms with Gasteiger partial charge in [-0.2, -0.15) is 0 Å². The van der Waals surface area contributed by atoms with E-state index in [0.29, 0.717) is 0 Å². The molecule has 0 fully saturated rings. The fourth-order valence-corrected chi connectivity index (χ4v) is 2.59. The number of aryl methyl sites for hydroxylation is 1. The third-order valence-corrected chi connectivity index (χ3v) is 3.70. The van der Waals surface area contributed by atoms with Crippen molar-refractivity contribution in [1.82, 2.24) is 9.55 Å². The van der Waals surface area contributed by atoms with E-state index in [4.69, 9.17) is 5.73 Å². The lowest BCUT2D eigenvalue weighted by atomic mass is 10.0. The average Bonchev–Trinajstić information content (AvgIpc) is 2.85. The van der Waals surface area contributed by atoms with Crippen molar-refractivity contribution in [3.63, 3.8) is 0 Å². The molecule has 1 atom stereocenters. The lowest BCUT2D eigenvalue weighted by Gasteiger charge is -2.14. The van der Waals surface area contributed by atoms with Gasteiger partial charge in [0.2, 0.25) is 0 Å². The molecule has 0 bridgehead atoms. The van der Waals surface area contributed by atoms with Gasteiger partial charge in [-0.3, -0.25) is 0 Å². The van der Waals surface area contributed by atoms with Gasteiger partial charge in [0.15, 0.2) is 0 Å². The molecular weight excluding hydrogens is 246 g/mol. The highest BCUT2D eigenvalue weighted by Crippen LogP contribution is 2.14. The Kier molecular flexibility index (Phi) is 3.52. The minimum atomic E-state index is 0.0914. The van der Waals surface area contributed by atoms with Crippen LogP contribution in [-0.4, -0.2) is 15.6 Å². The molecule has 20 heavy (non-hydrogen) atoms. The molecule has 0 saturated heterocycles. The molecule has 3 heteroatoms. The molecule has 0 aliphatic rings. The molecule has 0 aliphatic carbocycles. The number of hydrogen-bond acceptors (Lipinski definition) is 2. The van der Waals surface area contributed by atoms with E-state index in [1.54, 1.807) is 0 Å². The maximum Gasteiger partial charge on any atom is 0.0958 e. The first-order valence-corrected chi connectivity index (χ1v) is 6.94. The summed E-state index contributed by atoms with van der Waals surface area (Å²) in [5.74, 6) is 0. The highest BCUT2D eigenvalue weighted by Gasteiger charge is 2.09.